The van der Waals surface area contributed by atoms with E-state index in [1.807, 2.05) is 37.3 Å². The van der Waals surface area contributed by atoms with E-state index < -0.39 is 0 Å². The number of rotatable bonds is 7. The van der Waals surface area contributed by atoms with Gasteiger partial charge in [0.1, 0.15) is 17.2 Å². The van der Waals surface area contributed by atoms with Crippen molar-refractivity contribution in [3.8, 4) is 11.5 Å². The molecule has 1 saturated carbocycles. The molecule has 3 heterocycles. The van der Waals surface area contributed by atoms with Crippen molar-refractivity contribution in [1.82, 2.24) is 15.0 Å². The normalized spacial score (nSPS) is 13.7. The minimum atomic E-state index is 0.00823. The summed E-state index contributed by atoms with van der Waals surface area (Å²) < 4.78 is 11.5. The largest absolute Gasteiger partial charge is 0.501 e. The molecule has 0 spiro atoms. The average Bonchev–Trinajstić information content (AvgIpc) is 3.57. The monoisotopic (exact) mass is 429 g/mol. The van der Waals surface area contributed by atoms with Crippen LogP contribution in [0.5, 0.6) is 0 Å². The predicted molar refractivity (Wildman–Crippen MR) is 124 cm³/mol. The van der Waals surface area contributed by atoms with Crippen LogP contribution in [0.4, 0.5) is 11.6 Å². The maximum atomic E-state index is 12.2. The number of nitrogens with one attached hydrogen (secondary N) is 2. The number of fused-ring (bicyclic) bond motifs is 2. The van der Waals surface area contributed by atoms with E-state index in [2.05, 4.69) is 20.6 Å². The number of benzene rings is 1. The molecule has 0 unspecified atom stereocenters. The summed E-state index contributed by atoms with van der Waals surface area (Å²) in [7, 11) is 1.81. The third-order valence-corrected chi connectivity index (χ3v) is 5.39. The van der Waals surface area contributed by atoms with Gasteiger partial charge in [0, 0.05) is 41.7 Å². The Hall–Kier alpha value is -3.94. The Morgan fingerprint density at radius 1 is 1.25 bits per heavy atom. The molecule has 0 atom stereocenters. The molecule has 0 bridgehead atoms. The lowest BCUT2D eigenvalue weighted by atomic mass is 10.1. The first-order valence-corrected chi connectivity index (χ1v) is 10.6. The van der Waals surface area contributed by atoms with Crippen molar-refractivity contribution in [2.75, 3.05) is 24.3 Å². The van der Waals surface area contributed by atoms with Crippen LogP contribution in [0.2, 0.25) is 0 Å². The summed E-state index contributed by atoms with van der Waals surface area (Å²) in [5.41, 5.74) is 3.00. The molecule has 5 rings (SSSR count). The van der Waals surface area contributed by atoms with E-state index in [0.717, 1.165) is 40.3 Å². The number of oxazole rings is 1. The van der Waals surface area contributed by atoms with Crippen molar-refractivity contribution in [3.05, 3.63) is 48.5 Å². The molecule has 0 aliphatic heterocycles. The fourth-order valence-corrected chi connectivity index (χ4v) is 3.58. The number of amides is 1. The highest BCUT2D eigenvalue weighted by atomic mass is 16.5. The van der Waals surface area contributed by atoms with Gasteiger partial charge in [-0.2, -0.15) is 0 Å². The van der Waals surface area contributed by atoms with Crippen molar-refractivity contribution in [3.63, 3.8) is 0 Å². The quantitative estimate of drug-likeness (QED) is 0.405. The van der Waals surface area contributed by atoms with Crippen molar-refractivity contribution < 1.29 is 13.9 Å². The highest BCUT2D eigenvalue weighted by Crippen LogP contribution is 2.35. The van der Waals surface area contributed by atoms with Crippen LogP contribution >= 0.6 is 0 Å². The highest BCUT2D eigenvalue weighted by Gasteiger charge is 2.30. The molecule has 1 fully saturated rings. The second kappa shape index (κ2) is 8.30. The van der Waals surface area contributed by atoms with Gasteiger partial charge in [-0.25, -0.2) is 15.0 Å². The number of aromatic nitrogens is 3. The van der Waals surface area contributed by atoms with E-state index in [0.29, 0.717) is 29.7 Å². The Kier molecular flexibility index (Phi) is 5.18. The molecule has 4 aromatic rings. The van der Waals surface area contributed by atoms with E-state index >= 15 is 0 Å². The topological polar surface area (TPSA) is 102 Å². The zero-order valence-electron chi connectivity index (χ0n) is 17.9. The number of carbonyl (C=O) groups excluding carboxylic acids is 1. The molecule has 162 valence electrons. The summed E-state index contributed by atoms with van der Waals surface area (Å²) in [6, 6.07) is 7.62. The molecule has 1 amide bonds. The molecule has 2 N–H and O–H groups in total. The summed E-state index contributed by atoms with van der Waals surface area (Å²) in [4.78, 5) is 25.8. The lowest BCUT2D eigenvalue weighted by Crippen LogP contribution is -2.14. The second-order valence-electron chi connectivity index (χ2n) is 7.62. The summed E-state index contributed by atoms with van der Waals surface area (Å²) in [6.45, 7) is 2.53. The van der Waals surface area contributed by atoms with Gasteiger partial charge in [0.05, 0.1) is 18.4 Å². The van der Waals surface area contributed by atoms with E-state index in [1.165, 1.54) is 0 Å². The summed E-state index contributed by atoms with van der Waals surface area (Å²) >= 11 is 0. The molecule has 3 aromatic heterocycles. The fraction of sp³-hybridized carbons (Fsp3) is 0.250. The van der Waals surface area contributed by atoms with E-state index in [-0.39, 0.29) is 11.8 Å². The van der Waals surface area contributed by atoms with Crippen LogP contribution < -0.4 is 10.6 Å². The lowest BCUT2D eigenvalue weighted by Gasteiger charge is -2.10. The first kappa shape index (κ1) is 20.0. The number of para-hydroxylation sites is 1. The van der Waals surface area contributed by atoms with Crippen molar-refractivity contribution >= 4 is 45.5 Å². The van der Waals surface area contributed by atoms with Gasteiger partial charge in [-0.05, 0) is 38.0 Å². The first-order chi connectivity index (χ1) is 15.7. The third-order valence-electron chi connectivity index (χ3n) is 5.39. The Balaban J connectivity index is 1.61. The average molecular weight is 429 g/mol. The highest BCUT2D eigenvalue weighted by molar-refractivity contribution is 6.03. The Morgan fingerprint density at radius 2 is 2.12 bits per heavy atom. The van der Waals surface area contributed by atoms with Gasteiger partial charge >= 0.3 is 0 Å². The van der Waals surface area contributed by atoms with Gasteiger partial charge in [-0.1, -0.05) is 12.1 Å². The number of hydrogen-bond donors (Lipinski definition) is 2. The molecule has 1 aliphatic rings. The third kappa shape index (κ3) is 3.75. The molecule has 0 saturated heterocycles. The standard InChI is InChI=1S/C24H23N5O3/c1-3-31-10-9-14-5-4-6-19-21(14)32-24(28-19)18-13-27-22(25-2)17-12-26-20(11-16(17)18)29-23(30)15-7-8-15/h4-6,9-13,15H,3,7-8H2,1-2H3,(H,25,27)(H,26,29,30). The van der Waals surface area contributed by atoms with Gasteiger partial charge in [0.15, 0.2) is 5.58 Å². The number of carbonyl (C=O) groups is 1. The summed E-state index contributed by atoms with van der Waals surface area (Å²) in [5.74, 6) is 1.74. The molecule has 1 aromatic carbocycles. The smallest absolute Gasteiger partial charge is 0.229 e. The van der Waals surface area contributed by atoms with Crippen LogP contribution in [0.25, 0.3) is 39.4 Å². The number of pyridine rings is 2. The van der Waals surface area contributed by atoms with E-state index in [1.54, 1.807) is 25.7 Å². The molecule has 8 nitrogen and oxygen atoms in total. The first-order valence-electron chi connectivity index (χ1n) is 10.6. The molecule has 0 radical (unpaired) electrons. The molecule has 32 heavy (non-hydrogen) atoms. The summed E-state index contributed by atoms with van der Waals surface area (Å²) in [5, 5.41) is 7.65. The zero-order chi connectivity index (χ0) is 22.1. The van der Waals surface area contributed by atoms with Gasteiger partial charge in [0.25, 0.3) is 0 Å². The van der Waals surface area contributed by atoms with Crippen LogP contribution in [-0.2, 0) is 9.53 Å². The maximum absolute atomic E-state index is 12.2. The van der Waals surface area contributed by atoms with Crippen LogP contribution in [0, 0.1) is 5.92 Å². The summed E-state index contributed by atoms with van der Waals surface area (Å²) in [6.07, 6.45) is 8.80. The van der Waals surface area contributed by atoms with Crippen molar-refractivity contribution in [2.45, 2.75) is 19.8 Å². The van der Waals surface area contributed by atoms with Gasteiger partial charge in [-0.15, -0.1) is 0 Å². The Morgan fingerprint density at radius 3 is 2.91 bits per heavy atom. The van der Waals surface area contributed by atoms with Crippen LogP contribution in [-0.4, -0.2) is 34.5 Å². The fourth-order valence-electron chi connectivity index (χ4n) is 3.58. The van der Waals surface area contributed by atoms with Gasteiger partial charge in [0.2, 0.25) is 11.8 Å². The number of hydrogen-bond acceptors (Lipinski definition) is 7. The molecular formula is C24H23N5O3. The SMILES string of the molecule is CCOC=Cc1cccc2nc(-c3cnc(NC)c4cnc(NC(=O)C5CC5)cc34)oc12. The number of anilines is 2. The van der Waals surface area contributed by atoms with Gasteiger partial charge in [-0.3, -0.25) is 4.79 Å². The second-order valence-corrected chi connectivity index (χ2v) is 7.62. The van der Waals surface area contributed by atoms with Gasteiger partial charge < -0.3 is 19.8 Å². The van der Waals surface area contributed by atoms with E-state index in [4.69, 9.17) is 14.1 Å². The Bertz CT molecular complexity index is 1340. The van der Waals surface area contributed by atoms with Crippen molar-refractivity contribution in [2.24, 2.45) is 5.92 Å². The van der Waals surface area contributed by atoms with E-state index in [9.17, 15) is 4.79 Å². The number of nitrogens with zero attached hydrogens (tertiary/aromatic N) is 3. The zero-order valence-corrected chi connectivity index (χ0v) is 17.9. The molecule has 8 heteroatoms. The van der Waals surface area contributed by atoms with Crippen LogP contribution in [0.3, 0.4) is 0 Å². The lowest BCUT2D eigenvalue weighted by molar-refractivity contribution is -0.117. The Labute approximate surface area is 184 Å². The molecular weight excluding hydrogens is 406 g/mol. The maximum Gasteiger partial charge on any atom is 0.229 e. The minimum absolute atomic E-state index is 0.00823. The predicted octanol–water partition coefficient (Wildman–Crippen LogP) is 4.84. The van der Waals surface area contributed by atoms with Crippen LogP contribution in [0.1, 0.15) is 25.3 Å². The molecule has 1 aliphatic carbocycles. The van der Waals surface area contributed by atoms with Crippen LogP contribution in [0.15, 0.2) is 47.3 Å². The minimum Gasteiger partial charge on any atom is -0.501 e. The number of ether oxygens (including phenoxy) is 1. The van der Waals surface area contributed by atoms with Crippen molar-refractivity contribution in [1.29, 1.82) is 0 Å².